The molecule has 0 radical (unpaired) electrons. The molecule has 1 fully saturated rings. The van der Waals surface area contributed by atoms with Crippen molar-refractivity contribution in [2.24, 2.45) is 5.41 Å². The number of carboxylic acid groups (broad SMARTS) is 1. The van der Waals surface area contributed by atoms with E-state index in [2.05, 4.69) is 19.2 Å². The highest BCUT2D eigenvalue weighted by Gasteiger charge is 2.31. The Bertz CT molecular complexity index is 309. The minimum Gasteiger partial charge on any atom is -0.480 e. The molecule has 5 heteroatoms. The van der Waals surface area contributed by atoms with Crippen LogP contribution in [-0.4, -0.2) is 41.1 Å². The Balaban J connectivity index is 2.47. The molecule has 1 saturated heterocycles. The Morgan fingerprint density at radius 2 is 1.89 bits per heavy atom. The lowest BCUT2D eigenvalue weighted by Crippen LogP contribution is -2.51. The van der Waals surface area contributed by atoms with Crippen LogP contribution in [-0.2, 0) is 4.79 Å². The van der Waals surface area contributed by atoms with Gasteiger partial charge in [-0.15, -0.1) is 0 Å². The molecule has 1 aliphatic heterocycles. The summed E-state index contributed by atoms with van der Waals surface area (Å²) in [6.45, 7) is 7.60. The smallest absolute Gasteiger partial charge is 0.326 e. The number of carbonyl (C=O) groups is 2. The SMILES string of the molecule is CCC(NC(=O)N1CCC(C)(CC)CC1)C(=O)O. The number of nitrogens with one attached hydrogen (secondary N) is 1. The molecule has 104 valence electrons. The van der Waals surface area contributed by atoms with Gasteiger partial charge in [-0.2, -0.15) is 0 Å². The summed E-state index contributed by atoms with van der Waals surface area (Å²) in [5, 5.41) is 11.5. The quantitative estimate of drug-likeness (QED) is 0.809. The van der Waals surface area contributed by atoms with Gasteiger partial charge in [0.15, 0.2) is 0 Å². The van der Waals surface area contributed by atoms with Crippen LogP contribution in [0.1, 0.15) is 46.5 Å². The van der Waals surface area contributed by atoms with Crippen molar-refractivity contribution in [3.05, 3.63) is 0 Å². The lowest BCUT2D eigenvalue weighted by Gasteiger charge is -2.39. The third-order valence-electron chi connectivity index (χ3n) is 4.12. The van der Waals surface area contributed by atoms with E-state index < -0.39 is 12.0 Å². The van der Waals surface area contributed by atoms with Crippen LogP contribution in [0.25, 0.3) is 0 Å². The zero-order valence-corrected chi connectivity index (χ0v) is 11.5. The predicted molar refractivity (Wildman–Crippen MR) is 69.5 cm³/mol. The first-order valence-corrected chi connectivity index (χ1v) is 6.70. The maximum Gasteiger partial charge on any atom is 0.326 e. The van der Waals surface area contributed by atoms with Crippen LogP contribution in [0.2, 0.25) is 0 Å². The van der Waals surface area contributed by atoms with Gasteiger partial charge in [0, 0.05) is 13.1 Å². The number of hydrogen-bond acceptors (Lipinski definition) is 2. The summed E-state index contributed by atoms with van der Waals surface area (Å²) in [6.07, 6.45) is 3.50. The summed E-state index contributed by atoms with van der Waals surface area (Å²) in [4.78, 5) is 24.5. The summed E-state index contributed by atoms with van der Waals surface area (Å²) < 4.78 is 0. The summed E-state index contributed by atoms with van der Waals surface area (Å²) in [6, 6.07) is -1.03. The normalized spacial score (nSPS) is 20.3. The summed E-state index contributed by atoms with van der Waals surface area (Å²) in [5.74, 6) is -0.971. The van der Waals surface area contributed by atoms with Crippen LogP contribution in [0.15, 0.2) is 0 Å². The average Bonchev–Trinajstić information content (AvgIpc) is 2.36. The first kappa shape index (κ1) is 14.8. The average molecular weight is 256 g/mol. The molecule has 0 aromatic rings. The van der Waals surface area contributed by atoms with Crippen molar-refractivity contribution in [3.8, 4) is 0 Å². The summed E-state index contributed by atoms with van der Waals surface area (Å²) in [5.41, 5.74) is 0.327. The van der Waals surface area contributed by atoms with Crippen LogP contribution in [0, 0.1) is 5.41 Å². The predicted octanol–water partition coefficient (Wildman–Crippen LogP) is 2.07. The number of piperidine rings is 1. The van der Waals surface area contributed by atoms with Crippen LogP contribution in [0.3, 0.4) is 0 Å². The van der Waals surface area contributed by atoms with Gasteiger partial charge in [-0.25, -0.2) is 9.59 Å². The number of amides is 2. The highest BCUT2D eigenvalue weighted by atomic mass is 16.4. The molecule has 0 aromatic carbocycles. The highest BCUT2D eigenvalue weighted by Crippen LogP contribution is 2.33. The molecule has 1 aliphatic rings. The largest absolute Gasteiger partial charge is 0.480 e. The maximum absolute atomic E-state index is 11.9. The van der Waals surface area contributed by atoms with Crippen molar-refractivity contribution in [1.29, 1.82) is 0 Å². The van der Waals surface area contributed by atoms with Gasteiger partial charge in [0.1, 0.15) is 6.04 Å². The third-order valence-corrected chi connectivity index (χ3v) is 4.12. The number of carboxylic acids is 1. The molecule has 1 heterocycles. The van der Waals surface area contributed by atoms with Gasteiger partial charge in [0.05, 0.1) is 0 Å². The molecule has 0 aliphatic carbocycles. The van der Waals surface area contributed by atoms with Crippen molar-refractivity contribution >= 4 is 12.0 Å². The first-order chi connectivity index (χ1) is 8.41. The lowest BCUT2D eigenvalue weighted by atomic mass is 9.78. The Morgan fingerprint density at radius 1 is 1.33 bits per heavy atom. The van der Waals surface area contributed by atoms with Crippen molar-refractivity contribution < 1.29 is 14.7 Å². The van der Waals surface area contributed by atoms with E-state index in [1.165, 1.54) is 0 Å². The molecule has 1 rings (SSSR count). The second kappa shape index (κ2) is 6.07. The molecular formula is C13H24N2O3. The Labute approximate surface area is 109 Å². The van der Waals surface area contributed by atoms with Crippen molar-refractivity contribution in [1.82, 2.24) is 10.2 Å². The van der Waals surface area contributed by atoms with E-state index in [4.69, 9.17) is 5.11 Å². The van der Waals surface area contributed by atoms with Crippen molar-refractivity contribution in [3.63, 3.8) is 0 Å². The Morgan fingerprint density at radius 3 is 2.28 bits per heavy atom. The molecule has 18 heavy (non-hydrogen) atoms. The number of hydrogen-bond donors (Lipinski definition) is 2. The van der Waals surface area contributed by atoms with E-state index in [0.29, 0.717) is 24.9 Å². The second-order valence-electron chi connectivity index (χ2n) is 5.40. The van der Waals surface area contributed by atoms with Crippen LogP contribution in [0.4, 0.5) is 4.79 Å². The maximum atomic E-state index is 11.9. The molecule has 0 aromatic heterocycles. The Kier molecular flexibility index (Phi) is 4.99. The van der Waals surface area contributed by atoms with E-state index in [-0.39, 0.29) is 6.03 Å². The monoisotopic (exact) mass is 256 g/mol. The number of aliphatic carboxylic acids is 1. The molecule has 5 nitrogen and oxygen atoms in total. The minimum absolute atomic E-state index is 0.248. The van der Waals surface area contributed by atoms with E-state index in [9.17, 15) is 9.59 Å². The summed E-state index contributed by atoms with van der Waals surface area (Å²) >= 11 is 0. The zero-order valence-electron chi connectivity index (χ0n) is 11.5. The molecule has 1 atom stereocenters. The molecule has 2 N–H and O–H groups in total. The van der Waals surface area contributed by atoms with Crippen LogP contribution < -0.4 is 5.32 Å². The summed E-state index contributed by atoms with van der Waals surface area (Å²) in [7, 11) is 0. The van der Waals surface area contributed by atoms with E-state index in [1.54, 1.807) is 11.8 Å². The van der Waals surface area contributed by atoms with Crippen LogP contribution >= 0.6 is 0 Å². The fraction of sp³-hybridized carbons (Fsp3) is 0.846. The van der Waals surface area contributed by atoms with E-state index >= 15 is 0 Å². The van der Waals surface area contributed by atoms with Gasteiger partial charge in [0.25, 0.3) is 0 Å². The standard InChI is InChI=1S/C13H24N2O3/c1-4-10(11(16)17)14-12(18)15-8-6-13(3,5-2)7-9-15/h10H,4-9H2,1-3H3,(H,14,18)(H,16,17). The highest BCUT2D eigenvalue weighted by molar-refractivity contribution is 5.82. The van der Waals surface area contributed by atoms with E-state index in [1.807, 2.05) is 0 Å². The molecule has 0 spiro atoms. The van der Waals surface area contributed by atoms with Crippen LogP contribution in [0.5, 0.6) is 0 Å². The zero-order chi connectivity index (χ0) is 13.8. The van der Waals surface area contributed by atoms with Gasteiger partial charge < -0.3 is 15.3 Å². The Hall–Kier alpha value is -1.26. The lowest BCUT2D eigenvalue weighted by molar-refractivity contribution is -0.139. The van der Waals surface area contributed by atoms with Gasteiger partial charge in [0.2, 0.25) is 0 Å². The molecule has 0 bridgehead atoms. The number of urea groups is 1. The van der Waals surface area contributed by atoms with Gasteiger partial charge >= 0.3 is 12.0 Å². The van der Waals surface area contributed by atoms with Crippen molar-refractivity contribution in [2.45, 2.75) is 52.5 Å². The fourth-order valence-electron chi connectivity index (χ4n) is 2.18. The number of nitrogens with zero attached hydrogens (tertiary/aromatic N) is 1. The second-order valence-corrected chi connectivity index (χ2v) is 5.40. The number of likely N-dealkylation sites (tertiary alicyclic amines) is 1. The first-order valence-electron chi connectivity index (χ1n) is 6.70. The van der Waals surface area contributed by atoms with E-state index in [0.717, 1.165) is 19.3 Å². The molecule has 2 amide bonds. The topological polar surface area (TPSA) is 69.6 Å². The number of carbonyl (C=O) groups excluding carboxylic acids is 1. The van der Waals surface area contributed by atoms with Gasteiger partial charge in [-0.3, -0.25) is 0 Å². The van der Waals surface area contributed by atoms with Gasteiger partial charge in [-0.1, -0.05) is 27.2 Å². The fourth-order valence-corrected chi connectivity index (χ4v) is 2.18. The molecular weight excluding hydrogens is 232 g/mol. The molecule has 1 unspecified atom stereocenters. The minimum atomic E-state index is -0.971. The van der Waals surface area contributed by atoms with Crippen molar-refractivity contribution in [2.75, 3.05) is 13.1 Å². The van der Waals surface area contributed by atoms with Gasteiger partial charge in [-0.05, 0) is 24.7 Å². The number of rotatable bonds is 4. The molecule has 0 saturated carbocycles. The third kappa shape index (κ3) is 3.62.